The minimum atomic E-state index is -0.635. The number of H-pyrrole nitrogens is 1. The number of esters is 1. The summed E-state index contributed by atoms with van der Waals surface area (Å²) in [6.45, 7) is -0.0305. The molecule has 0 aliphatic rings. The van der Waals surface area contributed by atoms with Gasteiger partial charge in [0.05, 0.1) is 12.8 Å². The fraction of sp³-hybridized carbons (Fsp3) is 0.150. The fourth-order valence-corrected chi connectivity index (χ4v) is 2.39. The molecular weight excluding hydrogens is 346 g/mol. The van der Waals surface area contributed by atoms with Gasteiger partial charge in [-0.25, -0.2) is 4.79 Å². The standard InChI is InChI=1S/C20H19N3O4/c1-26-16-9-7-14(8-10-16)12-21-19(24)13-27-20(25)18-11-17(22-23-18)15-5-3-2-4-6-15/h2-11H,12-13H2,1H3,(H,21,24)(H,22,23). The molecule has 0 saturated carbocycles. The van der Waals surface area contributed by atoms with Crippen LogP contribution in [0, 0.1) is 0 Å². The summed E-state index contributed by atoms with van der Waals surface area (Å²) in [5, 5.41) is 9.41. The van der Waals surface area contributed by atoms with Gasteiger partial charge in [-0.3, -0.25) is 9.89 Å². The Hall–Kier alpha value is -3.61. The molecule has 1 aromatic heterocycles. The molecule has 0 radical (unpaired) electrons. The molecule has 1 amide bonds. The van der Waals surface area contributed by atoms with E-state index in [1.807, 2.05) is 54.6 Å². The molecule has 0 bridgehead atoms. The van der Waals surface area contributed by atoms with Crippen LogP contribution in [0.5, 0.6) is 5.75 Å². The number of aromatic amines is 1. The smallest absolute Gasteiger partial charge is 0.356 e. The molecule has 138 valence electrons. The van der Waals surface area contributed by atoms with Crippen LogP contribution in [0.2, 0.25) is 0 Å². The lowest BCUT2D eigenvalue weighted by Crippen LogP contribution is -2.28. The normalized spacial score (nSPS) is 10.3. The summed E-state index contributed by atoms with van der Waals surface area (Å²) in [7, 11) is 1.59. The van der Waals surface area contributed by atoms with Gasteiger partial charge >= 0.3 is 5.97 Å². The molecule has 3 aromatic rings. The molecule has 0 unspecified atom stereocenters. The van der Waals surface area contributed by atoms with Crippen molar-refractivity contribution in [1.82, 2.24) is 15.5 Å². The van der Waals surface area contributed by atoms with E-state index in [0.717, 1.165) is 16.9 Å². The Morgan fingerprint density at radius 1 is 1.07 bits per heavy atom. The minimum absolute atomic E-state index is 0.191. The number of amides is 1. The van der Waals surface area contributed by atoms with E-state index >= 15 is 0 Å². The molecule has 1 heterocycles. The SMILES string of the molecule is COc1ccc(CNC(=O)COC(=O)c2cc(-c3ccccc3)n[nH]2)cc1. The molecule has 7 heteroatoms. The van der Waals surface area contributed by atoms with Gasteiger partial charge in [-0.2, -0.15) is 5.10 Å². The van der Waals surface area contributed by atoms with Gasteiger partial charge in [0.15, 0.2) is 6.61 Å². The Bertz CT molecular complexity index is 904. The zero-order valence-electron chi connectivity index (χ0n) is 14.8. The van der Waals surface area contributed by atoms with Crippen LogP contribution in [0.3, 0.4) is 0 Å². The molecule has 0 aliphatic carbocycles. The Kier molecular flexibility index (Phi) is 5.84. The number of ether oxygens (including phenoxy) is 2. The van der Waals surface area contributed by atoms with Crippen molar-refractivity contribution >= 4 is 11.9 Å². The summed E-state index contributed by atoms with van der Waals surface area (Å²) in [6.07, 6.45) is 0. The number of nitrogens with zero attached hydrogens (tertiary/aromatic N) is 1. The predicted molar refractivity (Wildman–Crippen MR) is 99.1 cm³/mol. The zero-order valence-corrected chi connectivity index (χ0v) is 14.8. The Labute approximate surface area is 156 Å². The lowest BCUT2D eigenvalue weighted by Gasteiger charge is -2.07. The molecule has 0 atom stereocenters. The van der Waals surface area contributed by atoms with Crippen molar-refractivity contribution in [1.29, 1.82) is 0 Å². The van der Waals surface area contributed by atoms with Crippen LogP contribution < -0.4 is 10.1 Å². The van der Waals surface area contributed by atoms with Gasteiger partial charge in [-0.15, -0.1) is 0 Å². The van der Waals surface area contributed by atoms with Crippen LogP contribution in [0.15, 0.2) is 60.7 Å². The van der Waals surface area contributed by atoms with Crippen molar-refractivity contribution in [2.75, 3.05) is 13.7 Å². The molecule has 0 aliphatic heterocycles. The predicted octanol–water partition coefficient (Wildman–Crippen LogP) is 2.56. The van der Waals surface area contributed by atoms with Crippen LogP contribution >= 0.6 is 0 Å². The van der Waals surface area contributed by atoms with Crippen LogP contribution in [-0.2, 0) is 16.1 Å². The highest BCUT2D eigenvalue weighted by Gasteiger charge is 2.14. The summed E-state index contributed by atoms with van der Waals surface area (Å²) >= 11 is 0. The molecule has 2 aromatic carbocycles. The van der Waals surface area contributed by atoms with E-state index in [-0.39, 0.29) is 18.2 Å². The number of rotatable bonds is 7. The molecule has 2 N–H and O–H groups in total. The molecule has 0 saturated heterocycles. The second-order valence-electron chi connectivity index (χ2n) is 5.73. The third-order valence-corrected chi connectivity index (χ3v) is 3.85. The van der Waals surface area contributed by atoms with Gasteiger partial charge in [-0.05, 0) is 23.8 Å². The van der Waals surface area contributed by atoms with Crippen LogP contribution in [0.4, 0.5) is 0 Å². The molecule has 0 fully saturated rings. The first-order valence-electron chi connectivity index (χ1n) is 8.33. The van der Waals surface area contributed by atoms with E-state index in [1.165, 1.54) is 0 Å². The quantitative estimate of drug-likeness (QED) is 0.628. The monoisotopic (exact) mass is 365 g/mol. The average Bonchev–Trinajstić information content (AvgIpc) is 3.22. The number of hydrogen-bond acceptors (Lipinski definition) is 5. The zero-order chi connectivity index (χ0) is 19.1. The Morgan fingerprint density at radius 3 is 2.52 bits per heavy atom. The average molecular weight is 365 g/mol. The highest BCUT2D eigenvalue weighted by molar-refractivity contribution is 5.90. The van der Waals surface area contributed by atoms with Crippen molar-refractivity contribution in [2.24, 2.45) is 0 Å². The topological polar surface area (TPSA) is 93.3 Å². The van der Waals surface area contributed by atoms with E-state index in [4.69, 9.17) is 9.47 Å². The summed E-state index contributed by atoms with van der Waals surface area (Å²) in [5.41, 5.74) is 2.62. The number of nitrogens with one attached hydrogen (secondary N) is 2. The number of hydrogen-bond donors (Lipinski definition) is 2. The first kappa shape index (κ1) is 18.2. The van der Waals surface area contributed by atoms with Crippen molar-refractivity contribution < 1.29 is 19.1 Å². The molecule has 7 nitrogen and oxygen atoms in total. The fourth-order valence-electron chi connectivity index (χ4n) is 2.39. The van der Waals surface area contributed by atoms with E-state index in [2.05, 4.69) is 15.5 Å². The molecule has 27 heavy (non-hydrogen) atoms. The second kappa shape index (κ2) is 8.66. The summed E-state index contributed by atoms with van der Waals surface area (Å²) in [4.78, 5) is 23.9. The lowest BCUT2D eigenvalue weighted by atomic mass is 10.1. The summed E-state index contributed by atoms with van der Waals surface area (Å²) < 4.78 is 10.1. The van der Waals surface area contributed by atoms with Crippen molar-refractivity contribution in [3.8, 4) is 17.0 Å². The second-order valence-corrected chi connectivity index (χ2v) is 5.73. The largest absolute Gasteiger partial charge is 0.497 e. The van der Waals surface area contributed by atoms with Crippen molar-refractivity contribution in [3.63, 3.8) is 0 Å². The van der Waals surface area contributed by atoms with Gasteiger partial charge in [0.1, 0.15) is 11.4 Å². The summed E-state index contributed by atoms with van der Waals surface area (Å²) in [6, 6.07) is 18.3. The van der Waals surface area contributed by atoms with E-state index in [1.54, 1.807) is 13.2 Å². The summed E-state index contributed by atoms with van der Waals surface area (Å²) in [5.74, 6) is -0.278. The van der Waals surface area contributed by atoms with Crippen molar-refractivity contribution in [3.05, 3.63) is 71.9 Å². The highest BCUT2D eigenvalue weighted by atomic mass is 16.5. The van der Waals surface area contributed by atoms with Gasteiger partial charge < -0.3 is 14.8 Å². The maximum Gasteiger partial charge on any atom is 0.356 e. The first-order valence-corrected chi connectivity index (χ1v) is 8.33. The molecular formula is C20H19N3O4. The van der Waals surface area contributed by atoms with Crippen LogP contribution in [0.25, 0.3) is 11.3 Å². The van der Waals surface area contributed by atoms with Crippen LogP contribution in [-0.4, -0.2) is 35.8 Å². The van der Waals surface area contributed by atoms with Crippen molar-refractivity contribution in [2.45, 2.75) is 6.54 Å². The highest BCUT2D eigenvalue weighted by Crippen LogP contribution is 2.17. The van der Waals surface area contributed by atoms with Gasteiger partial charge in [-0.1, -0.05) is 42.5 Å². The Morgan fingerprint density at radius 2 is 1.81 bits per heavy atom. The number of carbonyl (C=O) groups is 2. The van der Waals surface area contributed by atoms with E-state index in [0.29, 0.717) is 12.2 Å². The van der Waals surface area contributed by atoms with Gasteiger partial charge in [0.2, 0.25) is 0 Å². The number of methoxy groups -OCH3 is 1. The van der Waals surface area contributed by atoms with Gasteiger partial charge in [0, 0.05) is 12.1 Å². The molecule has 3 rings (SSSR count). The number of benzene rings is 2. The third kappa shape index (κ3) is 4.94. The minimum Gasteiger partial charge on any atom is -0.497 e. The maximum absolute atomic E-state index is 12.1. The van der Waals surface area contributed by atoms with Gasteiger partial charge in [0.25, 0.3) is 5.91 Å². The van der Waals surface area contributed by atoms with E-state index in [9.17, 15) is 9.59 Å². The number of aromatic nitrogens is 2. The third-order valence-electron chi connectivity index (χ3n) is 3.85. The van der Waals surface area contributed by atoms with E-state index < -0.39 is 5.97 Å². The number of carbonyl (C=O) groups excluding carboxylic acids is 2. The van der Waals surface area contributed by atoms with Crippen LogP contribution in [0.1, 0.15) is 16.1 Å². The Balaban J connectivity index is 1.47. The molecule has 0 spiro atoms. The first-order chi connectivity index (χ1) is 13.2. The lowest BCUT2D eigenvalue weighted by molar-refractivity contribution is -0.124. The maximum atomic E-state index is 12.1.